The zero-order valence-corrected chi connectivity index (χ0v) is 18.9. The molecule has 0 fully saturated rings. The minimum absolute atomic E-state index is 0.0511. The van der Waals surface area contributed by atoms with Crippen LogP contribution < -0.4 is 4.74 Å². The molecule has 3 aromatic rings. The third-order valence-electron chi connectivity index (χ3n) is 5.53. The molecule has 3 aromatic carbocycles. The Labute approximate surface area is 197 Å². The molecule has 1 atom stereocenters. The quantitative estimate of drug-likeness (QED) is 0.479. The molecule has 0 heterocycles. The summed E-state index contributed by atoms with van der Waals surface area (Å²) in [7, 11) is 0. The molecule has 4 rings (SSSR count). The van der Waals surface area contributed by atoms with E-state index >= 15 is 0 Å². The summed E-state index contributed by atoms with van der Waals surface area (Å²) < 4.78 is 11.4. The molecule has 0 bridgehead atoms. The summed E-state index contributed by atoms with van der Waals surface area (Å²) in [5, 5.41) is 9.83. The number of rotatable bonds is 8. The van der Waals surface area contributed by atoms with Gasteiger partial charge in [-0.05, 0) is 47.4 Å². The molecule has 6 nitrogen and oxygen atoms in total. The molecule has 1 N–H and O–H groups in total. The average Bonchev–Trinajstić information content (AvgIpc) is 3.10. The number of halogens is 1. The number of ether oxygens (including phenoxy) is 2. The lowest BCUT2D eigenvalue weighted by molar-refractivity contribution is -0.138. The average molecular weight is 466 g/mol. The van der Waals surface area contributed by atoms with Crippen molar-refractivity contribution in [2.45, 2.75) is 18.9 Å². The van der Waals surface area contributed by atoms with Gasteiger partial charge in [0.25, 0.3) is 0 Å². The minimum Gasteiger partial charge on any atom is -0.489 e. The number of nitrogens with zero attached hydrogens (tertiary/aromatic N) is 1. The first-order chi connectivity index (χ1) is 15.9. The molecule has 7 heteroatoms. The van der Waals surface area contributed by atoms with Crippen LogP contribution in [0, 0.1) is 0 Å². The Kier molecular flexibility index (Phi) is 6.84. The van der Waals surface area contributed by atoms with Crippen molar-refractivity contribution in [3.8, 4) is 16.9 Å². The van der Waals surface area contributed by atoms with Gasteiger partial charge in [-0.15, -0.1) is 0 Å². The van der Waals surface area contributed by atoms with Gasteiger partial charge in [0.1, 0.15) is 25.0 Å². The number of amides is 1. The van der Waals surface area contributed by atoms with E-state index in [1.54, 1.807) is 31.2 Å². The number of hydrogen-bond acceptors (Lipinski definition) is 4. The number of carboxylic acid groups (broad SMARTS) is 1. The molecule has 0 radical (unpaired) electrons. The third-order valence-corrected chi connectivity index (χ3v) is 5.77. The molecule has 170 valence electrons. The van der Waals surface area contributed by atoms with Crippen molar-refractivity contribution in [3.05, 3.63) is 88.9 Å². The van der Waals surface area contributed by atoms with Crippen LogP contribution in [0.15, 0.2) is 72.8 Å². The molecular weight excluding hydrogens is 442 g/mol. The van der Waals surface area contributed by atoms with E-state index in [1.165, 1.54) is 0 Å². The van der Waals surface area contributed by atoms with Crippen LogP contribution in [0.5, 0.6) is 5.75 Å². The Bertz CT molecular complexity index is 1120. The number of carboxylic acids is 1. The van der Waals surface area contributed by atoms with Crippen LogP contribution in [-0.4, -0.2) is 47.9 Å². The monoisotopic (exact) mass is 465 g/mol. The molecule has 0 saturated heterocycles. The van der Waals surface area contributed by atoms with Crippen molar-refractivity contribution >= 4 is 23.7 Å². The highest BCUT2D eigenvalue weighted by Gasteiger charge is 2.30. The Morgan fingerprint density at radius 2 is 1.64 bits per heavy atom. The second kappa shape index (κ2) is 9.96. The molecular formula is C26H24ClNO5. The van der Waals surface area contributed by atoms with Gasteiger partial charge in [-0.3, -0.25) is 9.69 Å². The lowest BCUT2D eigenvalue weighted by Gasteiger charge is -2.25. The normalized spacial score (nSPS) is 13.0. The van der Waals surface area contributed by atoms with Crippen molar-refractivity contribution in [1.29, 1.82) is 0 Å². The molecule has 0 saturated carbocycles. The van der Waals surface area contributed by atoms with Gasteiger partial charge < -0.3 is 14.6 Å². The Morgan fingerprint density at radius 3 is 2.24 bits per heavy atom. The molecule has 1 amide bonds. The van der Waals surface area contributed by atoms with E-state index in [4.69, 9.17) is 21.1 Å². The first kappa shape index (κ1) is 22.7. The van der Waals surface area contributed by atoms with Gasteiger partial charge in [0, 0.05) is 10.9 Å². The van der Waals surface area contributed by atoms with Crippen molar-refractivity contribution < 1.29 is 24.2 Å². The summed E-state index contributed by atoms with van der Waals surface area (Å²) in [5.41, 5.74) is 4.43. The lowest BCUT2D eigenvalue weighted by atomic mass is 9.98. The number of fused-ring (bicyclic) bond motifs is 3. The Hall–Kier alpha value is -3.51. The van der Waals surface area contributed by atoms with E-state index in [9.17, 15) is 14.7 Å². The molecule has 0 unspecified atom stereocenters. The zero-order chi connectivity index (χ0) is 23.4. The van der Waals surface area contributed by atoms with Crippen LogP contribution in [0.25, 0.3) is 11.1 Å². The predicted octanol–water partition coefficient (Wildman–Crippen LogP) is 5.44. The van der Waals surface area contributed by atoms with Gasteiger partial charge in [0.2, 0.25) is 0 Å². The molecule has 33 heavy (non-hydrogen) atoms. The zero-order valence-electron chi connectivity index (χ0n) is 18.1. The summed E-state index contributed by atoms with van der Waals surface area (Å²) in [5.74, 6) is -0.690. The van der Waals surface area contributed by atoms with Crippen LogP contribution in [0.2, 0.25) is 5.02 Å². The van der Waals surface area contributed by atoms with Gasteiger partial charge in [-0.25, -0.2) is 4.79 Å². The molecule has 1 aliphatic rings. The fraction of sp³-hybridized carbons (Fsp3) is 0.231. The SMILES string of the molecule is C[C@@H](CN(CC(=O)O)C(=O)OCC1c2ccccc2-c2ccccc21)Oc1cccc(Cl)c1. The summed E-state index contributed by atoms with van der Waals surface area (Å²) >= 11 is 5.99. The van der Waals surface area contributed by atoms with Gasteiger partial charge in [-0.2, -0.15) is 0 Å². The maximum atomic E-state index is 12.9. The van der Waals surface area contributed by atoms with E-state index < -0.39 is 24.7 Å². The molecule has 0 spiro atoms. The number of benzene rings is 3. The Morgan fingerprint density at radius 1 is 1.00 bits per heavy atom. The first-order valence-corrected chi connectivity index (χ1v) is 11.0. The van der Waals surface area contributed by atoms with E-state index in [0.717, 1.165) is 27.2 Å². The first-order valence-electron chi connectivity index (χ1n) is 10.7. The highest BCUT2D eigenvalue weighted by Crippen LogP contribution is 2.44. The molecule has 1 aliphatic carbocycles. The predicted molar refractivity (Wildman–Crippen MR) is 126 cm³/mol. The summed E-state index contributed by atoms with van der Waals surface area (Å²) in [6.07, 6.45) is -1.16. The number of carbonyl (C=O) groups is 2. The van der Waals surface area contributed by atoms with Gasteiger partial charge in [-0.1, -0.05) is 66.2 Å². The van der Waals surface area contributed by atoms with Crippen LogP contribution in [0.3, 0.4) is 0 Å². The van der Waals surface area contributed by atoms with Crippen LogP contribution in [-0.2, 0) is 9.53 Å². The van der Waals surface area contributed by atoms with Crippen molar-refractivity contribution in [2.75, 3.05) is 19.7 Å². The standard InChI is InChI=1S/C26H24ClNO5/c1-17(33-19-8-6-7-18(27)13-19)14-28(15-25(29)30)26(31)32-16-24-22-11-4-2-9-20(22)21-10-3-5-12-23(21)24/h2-13,17,24H,14-16H2,1H3,(H,29,30)/t17-/m0/s1. The third kappa shape index (κ3) is 5.29. The van der Waals surface area contributed by atoms with E-state index in [0.29, 0.717) is 10.8 Å². The van der Waals surface area contributed by atoms with E-state index in [2.05, 4.69) is 12.1 Å². The Balaban J connectivity index is 1.44. The second-order valence-corrected chi connectivity index (χ2v) is 8.40. The van der Waals surface area contributed by atoms with Crippen LogP contribution in [0.4, 0.5) is 4.79 Å². The molecule has 0 aliphatic heterocycles. The van der Waals surface area contributed by atoms with Crippen molar-refractivity contribution in [1.82, 2.24) is 4.90 Å². The summed E-state index contributed by atoms with van der Waals surface area (Å²) in [6.45, 7) is 1.44. The maximum Gasteiger partial charge on any atom is 0.410 e. The highest BCUT2D eigenvalue weighted by molar-refractivity contribution is 6.30. The van der Waals surface area contributed by atoms with Crippen molar-refractivity contribution in [3.63, 3.8) is 0 Å². The van der Waals surface area contributed by atoms with E-state index in [-0.39, 0.29) is 19.1 Å². The minimum atomic E-state index is -1.13. The van der Waals surface area contributed by atoms with E-state index in [1.807, 2.05) is 36.4 Å². The maximum absolute atomic E-state index is 12.9. The van der Waals surface area contributed by atoms with Gasteiger partial charge in [0.05, 0.1) is 6.54 Å². The number of aliphatic carboxylic acids is 1. The molecule has 0 aromatic heterocycles. The van der Waals surface area contributed by atoms with Gasteiger partial charge >= 0.3 is 12.1 Å². The fourth-order valence-corrected chi connectivity index (χ4v) is 4.35. The number of hydrogen-bond donors (Lipinski definition) is 1. The van der Waals surface area contributed by atoms with Crippen molar-refractivity contribution in [2.24, 2.45) is 0 Å². The van der Waals surface area contributed by atoms with Gasteiger partial charge in [0.15, 0.2) is 0 Å². The lowest BCUT2D eigenvalue weighted by Crippen LogP contribution is -2.42. The van der Waals surface area contributed by atoms with Crippen LogP contribution >= 0.6 is 11.6 Å². The summed E-state index contributed by atoms with van der Waals surface area (Å²) in [6, 6.07) is 23.0. The highest BCUT2D eigenvalue weighted by atomic mass is 35.5. The largest absolute Gasteiger partial charge is 0.489 e. The second-order valence-electron chi connectivity index (χ2n) is 7.96. The smallest absolute Gasteiger partial charge is 0.410 e. The fourth-order valence-electron chi connectivity index (χ4n) is 4.17. The number of carbonyl (C=O) groups excluding carboxylic acids is 1. The van der Waals surface area contributed by atoms with Crippen LogP contribution in [0.1, 0.15) is 24.0 Å². The summed E-state index contributed by atoms with van der Waals surface area (Å²) in [4.78, 5) is 25.4. The topological polar surface area (TPSA) is 76.1 Å².